The molecule has 0 aliphatic carbocycles. The Bertz CT molecular complexity index is 1020. The number of para-hydroxylation sites is 1. The van der Waals surface area contributed by atoms with Crippen LogP contribution in [0.5, 0.6) is 0 Å². The average molecular weight is 388 g/mol. The van der Waals surface area contributed by atoms with E-state index in [9.17, 15) is 9.59 Å². The lowest BCUT2D eigenvalue weighted by Gasteiger charge is -2.12. The van der Waals surface area contributed by atoms with Crippen molar-refractivity contribution in [3.8, 4) is 0 Å². The molecule has 3 rings (SSSR count). The summed E-state index contributed by atoms with van der Waals surface area (Å²) in [4.78, 5) is 31.7. The van der Waals surface area contributed by atoms with Gasteiger partial charge in [-0.2, -0.15) is 0 Å². The highest BCUT2D eigenvalue weighted by Gasteiger charge is 2.14. The van der Waals surface area contributed by atoms with E-state index in [0.29, 0.717) is 27.4 Å². The fourth-order valence-electron chi connectivity index (χ4n) is 2.51. The zero-order chi connectivity index (χ0) is 18.7. The largest absolute Gasteiger partial charge is 0.325 e. The van der Waals surface area contributed by atoms with Gasteiger partial charge >= 0.3 is 0 Å². The number of nitrogens with one attached hydrogen (secondary N) is 2. The number of benzene rings is 2. The highest BCUT2D eigenvalue weighted by molar-refractivity contribution is 8.00. The maximum Gasteiger partial charge on any atom is 0.258 e. The van der Waals surface area contributed by atoms with Crippen molar-refractivity contribution in [3.63, 3.8) is 0 Å². The molecule has 3 aromatic rings. The number of aromatic nitrogens is 2. The lowest BCUT2D eigenvalue weighted by molar-refractivity contribution is -0.113. The van der Waals surface area contributed by atoms with Crippen molar-refractivity contribution in [2.45, 2.75) is 19.1 Å². The predicted octanol–water partition coefficient (Wildman–Crippen LogP) is 4.32. The Balaban J connectivity index is 1.67. The first kappa shape index (κ1) is 18.5. The number of carbonyl (C=O) groups is 1. The second kappa shape index (κ2) is 7.93. The zero-order valence-electron chi connectivity index (χ0n) is 14.4. The molecule has 0 unspecified atom stereocenters. The smallest absolute Gasteiger partial charge is 0.258 e. The fourth-order valence-corrected chi connectivity index (χ4v) is 3.42. The maximum atomic E-state index is 12.2. The van der Waals surface area contributed by atoms with Crippen LogP contribution in [0.2, 0.25) is 5.02 Å². The predicted molar refractivity (Wildman–Crippen MR) is 108 cm³/mol. The lowest BCUT2D eigenvalue weighted by atomic mass is 10.2. The van der Waals surface area contributed by atoms with Crippen LogP contribution in [0.15, 0.2) is 47.3 Å². The summed E-state index contributed by atoms with van der Waals surface area (Å²) in [6.07, 6.45) is 0. The van der Waals surface area contributed by atoms with Gasteiger partial charge in [0.1, 0.15) is 5.82 Å². The molecular formula is C19H18ClN3O2S. The van der Waals surface area contributed by atoms with Crippen LogP contribution in [0.1, 0.15) is 23.6 Å². The van der Waals surface area contributed by atoms with Gasteiger partial charge in [0.05, 0.1) is 21.9 Å². The minimum Gasteiger partial charge on any atom is -0.325 e. The summed E-state index contributed by atoms with van der Waals surface area (Å²) < 4.78 is 0. The van der Waals surface area contributed by atoms with Crippen molar-refractivity contribution in [2.75, 3.05) is 11.1 Å². The van der Waals surface area contributed by atoms with E-state index in [2.05, 4.69) is 15.3 Å². The summed E-state index contributed by atoms with van der Waals surface area (Å²) >= 11 is 7.48. The van der Waals surface area contributed by atoms with E-state index in [4.69, 9.17) is 11.6 Å². The summed E-state index contributed by atoms with van der Waals surface area (Å²) in [5.41, 5.74) is 2.02. The standard InChI is InChI=1S/C19H18ClN3O2S/c1-11-14(20)7-5-9-15(11)21-17(24)10-26-12(2)18-22-16-8-4-3-6-13(16)19(25)23-18/h3-9,12H,10H2,1-2H3,(H,21,24)(H,22,23,25)/t12-/m0/s1. The van der Waals surface area contributed by atoms with Crippen molar-refractivity contribution in [1.29, 1.82) is 0 Å². The lowest BCUT2D eigenvalue weighted by Crippen LogP contribution is -2.17. The summed E-state index contributed by atoms with van der Waals surface area (Å²) in [7, 11) is 0. The first-order valence-electron chi connectivity index (χ1n) is 8.11. The van der Waals surface area contributed by atoms with Crippen LogP contribution in [0, 0.1) is 6.92 Å². The molecule has 1 heterocycles. The number of carbonyl (C=O) groups excluding carboxylic acids is 1. The van der Waals surface area contributed by atoms with Crippen LogP contribution >= 0.6 is 23.4 Å². The van der Waals surface area contributed by atoms with Gasteiger partial charge in [0, 0.05) is 10.7 Å². The molecule has 0 bridgehead atoms. The molecular weight excluding hydrogens is 370 g/mol. The van der Waals surface area contributed by atoms with Gasteiger partial charge in [0.15, 0.2) is 0 Å². The van der Waals surface area contributed by atoms with E-state index >= 15 is 0 Å². The number of anilines is 1. The third-order valence-corrected chi connectivity index (χ3v) is 5.58. The number of fused-ring (bicyclic) bond motifs is 1. The Morgan fingerprint density at radius 3 is 2.85 bits per heavy atom. The van der Waals surface area contributed by atoms with Crippen LogP contribution in [0.25, 0.3) is 10.9 Å². The molecule has 1 amide bonds. The normalized spacial score (nSPS) is 12.1. The van der Waals surface area contributed by atoms with Gasteiger partial charge < -0.3 is 10.3 Å². The zero-order valence-corrected chi connectivity index (χ0v) is 15.9. The van der Waals surface area contributed by atoms with Gasteiger partial charge in [0.2, 0.25) is 5.91 Å². The van der Waals surface area contributed by atoms with Gasteiger partial charge in [-0.15, -0.1) is 11.8 Å². The molecule has 7 heteroatoms. The van der Waals surface area contributed by atoms with Crippen LogP contribution < -0.4 is 10.9 Å². The minimum atomic E-state index is -0.169. The molecule has 0 spiro atoms. The Kier molecular flexibility index (Phi) is 5.64. The van der Waals surface area contributed by atoms with E-state index in [1.807, 2.05) is 26.0 Å². The quantitative estimate of drug-likeness (QED) is 0.683. The summed E-state index contributed by atoms with van der Waals surface area (Å²) in [5, 5.41) is 3.91. The second-order valence-corrected chi connectivity index (χ2v) is 7.62. The Morgan fingerprint density at radius 2 is 2.04 bits per heavy atom. The molecule has 0 aliphatic rings. The van der Waals surface area contributed by atoms with E-state index in [1.54, 1.807) is 30.3 Å². The highest BCUT2D eigenvalue weighted by atomic mass is 35.5. The second-order valence-electron chi connectivity index (χ2n) is 5.88. The molecule has 0 saturated heterocycles. The number of hydrogen-bond acceptors (Lipinski definition) is 4. The number of rotatable bonds is 5. The van der Waals surface area contributed by atoms with Gasteiger partial charge in [-0.05, 0) is 43.7 Å². The Morgan fingerprint density at radius 1 is 1.27 bits per heavy atom. The molecule has 0 radical (unpaired) electrons. The fraction of sp³-hybridized carbons (Fsp3) is 0.211. The van der Waals surface area contributed by atoms with E-state index < -0.39 is 0 Å². The maximum absolute atomic E-state index is 12.2. The Labute approximate surface area is 160 Å². The molecule has 2 N–H and O–H groups in total. The Hall–Kier alpha value is -2.31. The highest BCUT2D eigenvalue weighted by Crippen LogP contribution is 2.27. The van der Waals surface area contributed by atoms with Crippen molar-refractivity contribution < 1.29 is 4.79 Å². The van der Waals surface area contributed by atoms with Crippen molar-refractivity contribution >= 4 is 45.9 Å². The summed E-state index contributed by atoms with van der Waals surface area (Å²) in [5.74, 6) is 0.671. The van der Waals surface area contributed by atoms with Gasteiger partial charge in [-0.1, -0.05) is 29.8 Å². The number of H-pyrrole nitrogens is 1. The minimum absolute atomic E-state index is 0.126. The molecule has 0 fully saturated rings. The van der Waals surface area contributed by atoms with Gasteiger partial charge in [-0.3, -0.25) is 9.59 Å². The molecule has 26 heavy (non-hydrogen) atoms. The number of thioether (sulfide) groups is 1. The number of hydrogen-bond donors (Lipinski definition) is 2. The number of amides is 1. The van der Waals surface area contributed by atoms with E-state index in [-0.39, 0.29) is 22.5 Å². The van der Waals surface area contributed by atoms with Crippen LogP contribution in [-0.4, -0.2) is 21.6 Å². The van der Waals surface area contributed by atoms with E-state index in [0.717, 1.165) is 5.56 Å². The van der Waals surface area contributed by atoms with Crippen molar-refractivity contribution in [2.24, 2.45) is 0 Å². The molecule has 0 saturated carbocycles. The average Bonchev–Trinajstić information content (AvgIpc) is 2.63. The number of halogens is 1. The summed E-state index contributed by atoms with van der Waals surface area (Å²) in [6, 6.07) is 12.6. The molecule has 134 valence electrons. The molecule has 1 atom stereocenters. The van der Waals surface area contributed by atoms with Crippen LogP contribution in [-0.2, 0) is 4.79 Å². The number of nitrogens with zero attached hydrogens (tertiary/aromatic N) is 1. The molecule has 2 aromatic carbocycles. The number of aromatic amines is 1. The summed E-state index contributed by atoms with van der Waals surface area (Å²) in [6.45, 7) is 3.77. The first-order chi connectivity index (χ1) is 12.5. The molecule has 5 nitrogen and oxygen atoms in total. The monoisotopic (exact) mass is 387 g/mol. The van der Waals surface area contributed by atoms with Crippen molar-refractivity contribution in [3.05, 3.63) is 69.2 Å². The topological polar surface area (TPSA) is 74.8 Å². The molecule has 1 aromatic heterocycles. The third kappa shape index (κ3) is 4.08. The first-order valence-corrected chi connectivity index (χ1v) is 9.54. The molecule has 0 aliphatic heterocycles. The third-order valence-electron chi connectivity index (χ3n) is 4.02. The SMILES string of the molecule is Cc1c(Cl)cccc1NC(=O)CS[C@@H](C)c1nc2ccccc2c(=O)[nH]1. The van der Waals surface area contributed by atoms with E-state index in [1.165, 1.54) is 11.8 Å². The van der Waals surface area contributed by atoms with Gasteiger partial charge in [0.25, 0.3) is 5.56 Å². The van der Waals surface area contributed by atoms with Gasteiger partial charge in [-0.25, -0.2) is 4.98 Å². The van der Waals surface area contributed by atoms with Crippen LogP contribution in [0.4, 0.5) is 5.69 Å². The van der Waals surface area contributed by atoms with Crippen LogP contribution in [0.3, 0.4) is 0 Å². The van der Waals surface area contributed by atoms with Crippen molar-refractivity contribution in [1.82, 2.24) is 9.97 Å².